The Morgan fingerprint density at radius 1 is 1.48 bits per heavy atom. The Labute approximate surface area is 138 Å². The second-order valence-electron chi connectivity index (χ2n) is 6.06. The molecule has 0 saturated carbocycles. The molecule has 2 atom stereocenters. The molecule has 0 bridgehead atoms. The minimum atomic E-state index is -0.170. The molecule has 1 saturated heterocycles. The summed E-state index contributed by atoms with van der Waals surface area (Å²) < 4.78 is 19.3. The Hall–Kier alpha value is -1.62. The van der Waals surface area contributed by atoms with Crippen molar-refractivity contribution in [3.63, 3.8) is 0 Å². The van der Waals surface area contributed by atoms with Crippen molar-refractivity contribution < 1.29 is 9.13 Å². The summed E-state index contributed by atoms with van der Waals surface area (Å²) in [6.07, 6.45) is 3.59. The molecule has 1 aliphatic heterocycles. The Balaban J connectivity index is 1.92. The maximum absolute atomic E-state index is 13.7. The summed E-state index contributed by atoms with van der Waals surface area (Å²) in [6, 6.07) is 5.34. The predicted octanol–water partition coefficient (Wildman–Crippen LogP) is 3.32. The second kappa shape index (κ2) is 8.87. The number of ether oxygens (including phenoxy) is 1. The molecule has 0 aliphatic carbocycles. The molecule has 2 N–H and O–H groups in total. The lowest BCUT2D eigenvalue weighted by Crippen LogP contribution is -2.39. The highest BCUT2D eigenvalue weighted by atomic mass is 19.1. The van der Waals surface area contributed by atoms with Crippen molar-refractivity contribution in [1.82, 2.24) is 10.6 Å². The van der Waals surface area contributed by atoms with Gasteiger partial charge >= 0.3 is 0 Å². The Morgan fingerprint density at radius 3 is 2.96 bits per heavy atom. The first kappa shape index (κ1) is 17.7. The fraction of sp³-hybridized carbons (Fsp3) is 0.611. The molecular weight excluding hydrogens is 293 g/mol. The normalized spacial score (nSPS) is 19.7. The van der Waals surface area contributed by atoms with Gasteiger partial charge in [-0.25, -0.2) is 4.39 Å². The number of benzene rings is 1. The maximum atomic E-state index is 13.7. The Morgan fingerprint density at radius 2 is 2.30 bits per heavy atom. The van der Waals surface area contributed by atoms with Crippen molar-refractivity contribution in [2.45, 2.75) is 52.2 Å². The third kappa shape index (κ3) is 5.50. The average molecular weight is 321 g/mol. The van der Waals surface area contributed by atoms with Gasteiger partial charge in [-0.3, -0.25) is 4.99 Å². The minimum absolute atomic E-state index is 0.00868. The number of guanidine groups is 1. The molecule has 2 rings (SSSR count). The second-order valence-corrected chi connectivity index (χ2v) is 6.06. The molecule has 1 heterocycles. The minimum Gasteiger partial charge on any atom is -0.378 e. The van der Waals surface area contributed by atoms with E-state index in [1.807, 2.05) is 26.0 Å². The van der Waals surface area contributed by atoms with Crippen molar-refractivity contribution in [3.05, 3.63) is 35.1 Å². The van der Waals surface area contributed by atoms with Gasteiger partial charge in [0, 0.05) is 19.7 Å². The zero-order valence-electron chi connectivity index (χ0n) is 14.4. The van der Waals surface area contributed by atoms with E-state index in [1.165, 1.54) is 0 Å². The molecule has 1 aliphatic rings. The van der Waals surface area contributed by atoms with Crippen molar-refractivity contribution in [3.8, 4) is 0 Å². The molecule has 1 aromatic rings. The van der Waals surface area contributed by atoms with E-state index in [4.69, 9.17) is 4.74 Å². The molecule has 23 heavy (non-hydrogen) atoms. The van der Waals surface area contributed by atoms with E-state index in [2.05, 4.69) is 15.6 Å². The summed E-state index contributed by atoms with van der Waals surface area (Å²) in [5.74, 6) is 0.593. The first-order chi connectivity index (χ1) is 11.1. The van der Waals surface area contributed by atoms with Gasteiger partial charge in [-0.15, -0.1) is 0 Å². The number of aliphatic imine (C=N–C) groups is 1. The molecule has 0 amide bonds. The molecule has 0 spiro atoms. The van der Waals surface area contributed by atoms with E-state index in [1.54, 1.807) is 13.0 Å². The highest BCUT2D eigenvalue weighted by Gasteiger charge is 2.15. The largest absolute Gasteiger partial charge is 0.378 e. The average Bonchev–Trinajstić information content (AvgIpc) is 3.03. The number of nitrogens with one attached hydrogen (secondary N) is 2. The number of rotatable bonds is 6. The van der Waals surface area contributed by atoms with Crippen LogP contribution in [-0.2, 0) is 4.74 Å². The third-order valence-corrected chi connectivity index (χ3v) is 4.14. The van der Waals surface area contributed by atoms with Crippen LogP contribution in [0.1, 0.15) is 50.3 Å². The molecule has 0 radical (unpaired) electrons. The van der Waals surface area contributed by atoms with Gasteiger partial charge in [0.05, 0.1) is 12.1 Å². The fourth-order valence-corrected chi connectivity index (χ4v) is 2.68. The topological polar surface area (TPSA) is 45.7 Å². The van der Waals surface area contributed by atoms with Gasteiger partial charge in [0.25, 0.3) is 0 Å². The van der Waals surface area contributed by atoms with Crippen LogP contribution in [0.5, 0.6) is 0 Å². The number of nitrogens with zero attached hydrogens (tertiary/aromatic N) is 1. The van der Waals surface area contributed by atoms with E-state index in [9.17, 15) is 4.39 Å². The third-order valence-electron chi connectivity index (χ3n) is 4.14. The van der Waals surface area contributed by atoms with Crippen molar-refractivity contribution >= 4 is 5.96 Å². The van der Waals surface area contributed by atoms with E-state index >= 15 is 0 Å². The van der Waals surface area contributed by atoms with Crippen LogP contribution >= 0.6 is 0 Å². The van der Waals surface area contributed by atoms with Gasteiger partial charge in [-0.2, -0.15) is 0 Å². The molecule has 1 fully saturated rings. The van der Waals surface area contributed by atoms with Crippen molar-refractivity contribution in [2.75, 3.05) is 19.7 Å². The lowest BCUT2D eigenvalue weighted by Gasteiger charge is -2.19. The number of aryl methyl sites for hydroxylation is 1. The smallest absolute Gasteiger partial charge is 0.191 e. The van der Waals surface area contributed by atoms with Crippen LogP contribution in [0.15, 0.2) is 23.2 Å². The van der Waals surface area contributed by atoms with Crippen LogP contribution in [0.3, 0.4) is 0 Å². The van der Waals surface area contributed by atoms with Crippen LogP contribution in [0, 0.1) is 12.7 Å². The van der Waals surface area contributed by atoms with E-state index in [0.717, 1.165) is 50.5 Å². The number of hydrogen-bond acceptors (Lipinski definition) is 2. The molecular formula is C18H28FN3O. The molecule has 2 unspecified atom stereocenters. The van der Waals surface area contributed by atoms with E-state index < -0.39 is 0 Å². The maximum Gasteiger partial charge on any atom is 0.191 e. The lowest BCUT2D eigenvalue weighted by molar-refractivity contribution is 0.106. The first-order valence-electron chi connectivity index (χ1n) is 8.52. The van der Waals surface area contributed by atoms with Gasteiger partial charge in [-0.05, 0) is 57.2 Å². The van der Waals surface area contributed by atoms with E-state index in [-0.39, 0.29) is 11.9 Å². The quantitative estimate of drug-likeness (QED) is 0.624. The Kier molecular flexibility index (Phi) is 6.84. The molecule has 5 heteroatoms. The molecule has 1 aromatic carbocycles. The summed E-state index contributed by atoms with van der Waals surface area (Å²) in [4.78, 5) is 4.60. The van der Waals surface area contributed by atoms with E-state index in [0.29, 0.717) is 11.7 Å². The summed E-state index contributed by atoms with van der Waals surface area (Å²) in [5.41, 5.74) is 1.58. The van der Waals surface area contributed by atoms with Gasteiger partial charge in [-0.1, -0.05) is 12.1 Å². The summed E-state index contributed by atoms with van der Waals surface area (Å²) in [7, 11) is 0. The van der Waals surface area contributed by atoms with Crippen LogP contribution in [-0.4, -0.2) is 31.8 Å². The fourth-order valence-electron chi connectivity index (χ4n) is 2.68. The highest BCUT2D eigenvalue weighted by molar-refractivity contribution is 5.80. The van der Waals surface area contributed by atoms with Crippen molar-refractivity contribution in [2.24, 2.45) is 4.99 Å². The molecule has 128 valence electrons. The molecule has 0 aromatic heterocycles. The van der Waals surface area contributed by atoms with Crippen LogP contribution in [0.4, 0.5) is 4.39 Å². The number of halogens is 1. The first-order valence-corrected chi connectivity index (χ1v) is 8.52. The zero-order chi connectivity index (χ0) is 16.7. The number of hydrogen-bond donors (Lipinski definition) is 2. The highest BCUT2D eigenvalue weighted by Crippen LogP contribution is 2.17. The summed E-state index contributed by atoms with van der Waals surface area (Å²) >= 11 is 0. The lowest BCUT2D eigenvalue weighted by atomic mass is 10.1. The summed E-state index contributed by atoms with van der Waals surface area (Å²) in [6.45, 7) is 8.22. The predicted molar refractivity (Wildman–Crippen MR) is 92.3 cm³/mol. The van der Waals surface area contributed by atoms with Gasteiger partial charge < -0.3 is 15.4 Å². The van der Waals surface area contributed by atoms with Crippen LogP contribution < -0.4 is 10.6 Å². The van der Waals surface area contributed by atoms with Crippen LogP contribution in [0.25, 0.3) is 0 Å². The Bertz CT molecular complexity index is 527. The zero-order valence-corrected chi connectivity index (χ0v) is 14.4. The van der Waals surface area contributed by atoms with Gasteiger partial charge in [0.2, 0.25) is 0 Å². The van der Waals surface area contributed by atoms with Crippen LogP contribution in [0.2, 0.25) is 0 Å². The summed E-state index contributed by atoms with van der Waals surface area (Å²) in [5, 5.41) is 6.58. The van der Waals surface area contributed by atoms with Gasteiger partial charge in [0.1, 0.15) is 5.82 Å². The standard InChI is InChI=1S/C18H28FN3O/c1-4-20-18(21-10-9-16-6-5-11-23-16)22-14(3)15-8-7-13(2)17(19)12-15/h7-8,12,14,16H,4-6,9-11H2,1-3H3,(H2,20,21,22). The monoisotopic (exact) mass is 321 g/mol. The van der Waals surface area contributed by atoms with Crippen molar-refractivity contribution in [1.29, 1.82) is 0 Å². The SMILES string of the molecule is CCNC(=NCCC1CCCO1)NC(C)c1ccc(C)c(F)c1. The molecule has 4 nitrogen and oxygen atoms in total. The van der Waals surface area contributed by atoms with Gasteiger partial charge in [0.15, 0.2) is 5.96 Å².